The van der Waals surface area contributed by atoms with Gasteiger partial charge in [0, 0.05) is 12.4 Å². The summed E-state index contributed by atoms with van der Waals surface area (Å²) >= 11 is 0. The van der Waals surface area contributed by atoms with Crippen LogP contribution in [-0.2, 0) is 16.6 Å². The maximum absolute atomic E-state index is 12.1. The Morgan fingerprint density at radius 2 is 1.83 bits per heavy atom. The zero-order valence-electron chi connectivity index (χ0n) is 9.31. The molecule has 0 fully saturated rings. The number of carboxylic acids is 1. The second-order valence-electron chi connectivity index (χ2n) is 3.46. The Balaban J connectivity index is 2.27. The molecular formula is C12H10N2O3S. The van der Waals surface area contributed by atoms with Gasteiger partial charge in [0.05, 0.1) is 27.0 Å². The third-order valence-electron chi connectivity index (χ3n) is 2.24. The van der Waals surface area contributed by atoms with E-state index in [9.17, 15) is 9.00 Å². The highest BCUT2D eigenvalue weighted by Gasteiger charge is 2.15. The second kappa shape index (κ2) is 5.50. The van der Waals surface area contributed by atoms with Crippen LogP contribution in [0.1, 0.15) is 16.2 Å². The maximum Gasteiger partial charge on any atom is 0.336 e. The lowest BCUT2D eigenvalue weighted by Gasteiger charge is -2.04. The van der Waals surface area contributed by atoms with Gasteiger partial charge in [-0.3, -0.25) is 4.21 Å². The van der Waals surface area contributed by atoms with E-state index in [2.05, 4.69) is 9.97 Å². The summed E-state index contributed by atoms with van der Waals surface area (Å²) in [5.74, 6) is -0.561. The van der Waals surface area contributed by atoms with E-state index in [1.807, 2.05) is 0 Å². The Hall–Kier alpha value is -2.08. The topological polar surface area (TPSA) is 80.1 Å². The minimum absolute atomic E-state index is 0.0479. The maximum atomic E-state index is 12.1. The van der Waals surface area contributed by atoms with Crippen LogP contribution in [0.2, 0.25) is 0 Å². The minimum Gasteiger partial charge on any atom is -0.478 e. The number of rotatable bonds is 4. The fourth-order valence-corrected chi connectivity index (χ4v) is 2.61. The first-order valence-electron chi connectivity index (χ1n) is 5.15. The van der Waals surface area contributed by atoms with E-state index in [0.29, 0.717) is 5.82 Å². The average Bonchev–Trinajstić information content (AvgIpc) is 2.40. The molecule has 1 aromatic heterocycles. The fraction of sp³-hybridized carbons (Fsp3) is 0.0833. The molecule has 0 amide bonds. The lowest BCUT2D eigenvalue weighted by Crippen LogP contribution is -2.07. The molecule has 0 spiro atoms. The Kier molecular flexibility index (Phi) is 3.78. The summed E-state index contributed by atoms with van der Waals surface area (Å²) in [5.41, 5.74) is 0.0479. The Bertz CT molecular complexity index is 587. The number of aromatic carboxylic acids is 1. The number of aromatic nitrogens is 2. The van der Waals surface area contributed by atoms with Crippen molar-refractivity contribution in [3.8, 4) is 0 Å². The number of carbonyl (C=O) groups is 1. The van der Waals surface area contributed by atoms with Gasteiger partial charge < -0.3 is 5.11 Å². The third-order valence-corrected chi connectivity index (χ3v) is 3.61. The van der Waals surface area contributed by atoms with Gasteiger partial charge in [-0.25, -0.2) is 14.8 Å². The van der Waals surface area contributed by atoms with E-state index in [1.54, 1.807) is 36.7 Å². The van der Waals surface area contributed by atoms with Crippen molar-refractivity contribution in [3.05, 3.63) is 54.1 Å². The normalized spacial score (nSPS) is 12.0. The van der Waals surface area contributed by atoms with Crippen LogP contribution in [0.3, 0.4) is 0 Å². The summed E-state index contributed by atoms with van der Waals surface area (Å²) in [4.78, 5) is 19.2. The van der Waals surface area contributed by atoms with Crippen molar-refractivity contribution in [2.75, 3.05) is 0 Å². The number of carboxylic acid groups (broad SMARTS) is 1. The number of hydrogen-bond donors (Lipinski definition) is 1. The summed E-state index contributed by atoms with van der Waals surface area (Å²) < 4.78 is 12.1. The van der Waals surface area contributed by atoms with Crippen molar-refractivity contribution in [2.24, 2.45) is 0 Å². The fourth-order valence-electron chi connectivity index (χ4n) is 1.44. The summed E-state index contributed by atoms with van der Waals surface area (Å²) in [6.45, 7) is 0. The van der Waals surface area contributed by atoms with Crippen LogP contribution in [0, 0.1) is 0 Å². The van der Waals surface area contributed by atoms with E-state index in [4.69, 9.17) is 5.11 Å². The molecule has 6 heteroatoms. The van der Waals surface area contributed by atoms with Crippen LogP contribution in [0.15, 0.2) is 47.6 Å². The van der Waals surface area contributed by atoms with Crippen molar-refractivity contribution in [3.63, 3.8) is 0 Å². The lowest BCUT2D eigenvalue weighted by atomic mass is 10.2. The number of nitrogens with zero attached hydrogens (tertiary/aromatic N) is 2. The van der Waals surface area contributed by atoms with E-state index in [1.165, 1.54) is 6.07 Å². The van der Waals surface area contributed by atoms with Gasteiger partial charge >= 0.3 is 5.97 Å². The first kappa shape index (κ1) is 12.4. The molecule has 0 saturated heterocycles. The summed E-state index contributed by atoms with van der Waals surface area (Å²) in [5, 5.41) is 9.01. The predicted molar refractivity (Wildman–Crippen MR) is 65.5 cm³/mol. The highest BCUT2D eigenvalue weighted by atomic mass is 32.2. The van der Waals surface area contributed by atoms with Gasteiger partial charge in [0.15, 0.2) is 0 Å². The zero-order chi connectivity index (χ0) is 13.0. The van der Waals surface area contributed by atoms with Crippen LogP contribution in [-0.4, -0.2) is 25.3 Å². The number of hydrogen-bond acceptors (Lipinski definition) is 4. The molecule has 1 unspecified atom stereocenters. The van der Waals surface area contributed by atoms with E-state index >= 15 is 0 Å². The monoisotopic (exact) mass is 262 g/mol. The van der Waals surface area contributed by atoms with Gasteiger partial charge in [-0.05, 0) is 18.2 Å². The lowest BCUT2D eigenvalue weighted by molar-refractivity contribution is 0.0693. The van der Waals surface area contributed by atoms with Crippen molar-refractivity contribution < 1.29 is 14.1 Å². The zero-order valence-corrected chi connectivity index (χ0v) is 10.1. The minimum atomic E-state index is -1.47. The Morgan fingerprint density at radius 3 is 2.50 bits per heavy atom. The molecule has 92 valence electrons. The first-order valence-corrected chi connectivity index (χ1v) is 6.47. The van der Waals surface area contributed by atoms with Crippen molar-refractivity contribution in [1.29, 1.82) is 0 Å². The molecule has 1 atom stereocenters. The Morgan fingerprint density at radius 1 is 1.17 bits per heavy atom. The SMILES string of the molecule is O=C(O)c1ccccc1S(=O)Cc1ncccn1. The molecule has 1 aromatic carbocycles. The van der Waals surface area contributed by atoms with Gasteiger partial charge in [-0.1, -0.05) is 12.1 Å². The predicted octanol–water partition coefficient (Wildman–Crippen LogP) is 1.48. The van der Waals surface area contributed by atoms with Gasteiger partial charge in [-0.2, -0.15) is 0 Å². The summed E-state index contributed by atoms with van der Waals surface area (Å²) in [7, 11) is -1.47. The molecular weight excluding hydrogens is 252 g/mol. The van der Waals surface area contributed by atoms with Gasteiger partial charge in [-0.15, -0.1) is 0 Å². The highest BCUT2D eigenvalue weighted by Crippen LogP contribution is 2.15. The smallest absolute Gasteiger partial charge is 0.336 e. The Labute approximate surface area is 106 Å². The molecule has 0 saturated carbocycles. The molecule has 18 heavy (non-hydrogen) atoms. The molecule has 2 rings (SSSR count). The molecule has 0 bridgehead atoms. The highest BCUT2D eigenvalue weighted by molar-refractivity contribution is 7.84. The molecule has 1 N–H and O–H groups in total. The van der Waals surface area contributed by atoms with Crippen molar-refractivity contribution >= 4 is 16.8 Å². The molecule has 1 heterocycles. The van der Waals surface area contributed by atoms with Gasteiger partial charge in [0.2, 0.25) is 0 Å². The molecule has 0 aliphatic heterocycles. The van der Waals surface area contributed by atoms with E-state index < -0.39 is 16.8 Å². The van der Waals surface area contributed by atoms with Gasteiger partial charge in [0.25, 0.3) is 0 Å². The van der Waals surface area contributed by atoms with Crippen LogP contribution in [0.25, 0.3) is 0 Å². The molecule has 2 aromatic rings. The number of benzene rings is 1. The quantitative estimate of drug-likeness (QED) is 0.902. The van der Waals surface area contributed by atoms with Crippen LogP contribution >= 0.6 is 0 Å². The second-order valence-corrected chi connectivity index (χ2v) is 4.88. The molecule has 0 aliphatic carbocycles. The first-order chi connectivity index (χ1) is 8.68. The standard InChI is InChI=1S/C12H10N2O3S/c15-12(16)9-4-1-2-5-10(9)18(17)8-11-13-6-3-7-14-11/h1-7H,8H2,(H,15,16). The van der Waals surface area contributed by atoms with Crippen molar-refractivity contribution in [2.45, 2.75) is 10.6 Å². The van der Waals surface area contributed by atoms with Crippen LogP contribution < -0.4 is 0 Å². The van der Waals surface area contributed by atoms with Gasteiger partial charge in [0.1, 0.15) is 5.82 Å². The summed E-state index contributed by atoms with van der Waals surface area (Å²) in [6, 6.07) is 7.90. The van der Waals surface area contributed by atoms with E-state index in [0.717, 1.165) is 0 Å². The molecule has 0 radical (unpaired) electrons. The average molecular weight is 262 g/mol. The van der Waals surface area contributed by atoms with Crippen molar-refractivity contribution in [1.82, 2.24) is 9.97 Å². The van der Waals surface area contributed by atoms with Crippen LogP contribution in [0.4, 0.5) is 0 Å². The molecule has 5 nitrogen and oxygen atoms in total. The van der Waals surface area contributed by atoms with E-state index in [-0.39, 0.29) is 16.2 Å². The summed E-state index contributed by atoms with van der Waals surface area (Å²) in [6.07, 6.45) is 3.12. The largest absolute Gasteiger partial charge is 0.478 e. The van der Waals surface area contributed by atoms with Crippen LogP contribution in [0.5, 0.6) is 0 Å². The third kappa shape index (κ3) is 2.78. The molecule has 0 aliphatic rings.